The minimum absolute atomic E-state index is 0.141. The Balaban J connectivity index is 1.66. The molecule has 2 amide bonds. The number of amides is 2. The smallest absolute Gasteiger partial charge is 0.293 e. The third-order valence-electron chi connectivity index (χ3n) is 5.56. The summed E-state index contributed by atoms with van der Waals surface area (Å²) in [7, 11) is 0. The largest absolute Gasteiger partial charge is 0.480 e. The molecule has 1 saturated heterocycles. The van der Waals surface area contributed by atoms with E-state index in [9.17, 15) is 9.59 Å². The average Bonchev–Trinajstić information content (AvgIpc) is 3.01. The van der Waals surface area contributed by atoms with E-state index >= 15 is 0 Å². The van der Waals surface area contributed by atoms with Crippen LogP contribution in [0.5, 0.6) is 5.75 Å². The van der Waals surface area contributed by atoms with Crippen molar-refractivity contribution in [3.05, 3.63) is 46.9 Å². The highest BCUT2D eigenvalue weighted by molar-refractivity contribution is 8.18. The highest BCUT2D eigenvalue weighted by Gasteiger charge is 2.36. The quantitative estimate of drug-likeness (QED) is 0.489. The van der Waals surface area contributed by atoms with Gasteiger partial charge in [-0.25, -0.2) is 0 Å². The van der Waals surface area contributed by atoms with E-state index in [0.29, 0.717) is 23.1 Å². The van der Waals surface area contributed by atoms with Crippen LogP contribution in [-0.2, 0) is 4.79 Å². The number of benzene rings is 2. The maximum absolute atomic E-state index is 13.0. The lowest BCUT2D eigenvalue weighted by molar-refractivity contribution is -0.123. The summed E-state index contributed by atoms with van der Waals surface area (Å²) >= 11 is 1.01. The highest BCUT2D eigenvalue weighted by atomic mass is 32.2. The van der Waals surface area contributed by atoms with Crippen LogP contribution in [-0.4, -0.2) is 29.2 Å². The van der Waals surface area contributed by atoms with Crippen molar-refractivity contribution in [2.45, 2.75) is 32.1 Å². The molecule has 0 spiro atoms. The van der Waals surface area contributed by atoms with Gasteiger partial charge in [-0.2, -0.15) is 0 Å². The Morgan fingerprint density at radius 3 is 2.72 bits per heavy atom. The number of hydrogen-bond acceptors (Lipinski definition) is 4. The van der Waals surface area contributed by atoms with E-state index < -0.39 is 0 Å². The Morgan fingerprint density at radius 2 is 1.93 bits per heavy atom. The number of carbonyl (C=O) groups is 2. The van der Waals surface area contributed by atoms with Crippen molar-refractivity contribution < 1.29 is 14.3 Å². The second-order valence-electron chi connectivity index (χ2n) is 7.49. The van der Waals surface area contributed by atoms with Crippen LogP contribution in [0, 0.1) is 18.3 Å². The Labute approximate surface area is 175 Å². The summed E-state index contributed by atoms with van der Waals surface area (Å²) in [5, 5.41) is 1.81. The highest BCUT2D eigenvalue weighted by Crippen LogP contribution is 2.38. The summed E-state index contributed by atoms with van der Waals surface area (Å²) in [6.45, 7) is 0.667. The predicted octanol–water partition coefficient (Wildman–Crippen LogP) is 5.47. The lowest BCUT2D eigenvalue weighted by Gasteiger charge is -2.25. The number of ether oxygens (including phenoxy) is 1. The van der Waals surface area contributed by atoms with Crippen molar-refractivity contribution in [1.82, 2.24) is 4.90 Å². The van der Waals surface area contributed by atoms with Crippen LogP contribution in [0.1, 0.15) is 37.7 Å². The van der Waals surface area contributed by atoms with Crippen LogP contribution in [0.15, 0.2) is 41.3 Å². The summed E-state index contributed by atoms with van der Waals surface area (Å²) in [6, 6.07) is 11.7. The molecule has 2 aromatic rings. The molecular formula is C24H23NO3S. The fourth-order valence-corrected chi connectivity index (χ4v) is 4.92. The molecule has 0 bridgehead atoms. The first-order valence-electron chi connectivity index (χ1n) is 10.0. The number of rotatable bonds is 5. The van der Waals surface area contributed by atoms with E-state index in [1.54, 1.807) is 6.08 Å². The Hall–Kier alpha value is -2.71. The monoisotopic (exact) mass is 405 g/mol. The van der Waals surface area contributed by atoms with Gasteiger partial charge in [-0.15, -0.1) is 6.42 Å². The average molecular weight is 406 g/mol. The zero-order chi connectivity index (χ0) is 20.2. The second-order valence-corrected chi connectivity index (χ2v) is 8.48. The molecule has 0 radical (unpaired) electrons. The van der Waals surface area contributed by atoms with E-state index in [2.05, 4.69) is 5.92 Å². The number of fused-ring (bicyclic) bond motifs is 1. The van der Waals surface area contributed by atoms with E-state index in [0.717, 1.165) is 40.9 Å². The standard InChI is InChI=1S/C24H23NO3S/c1-2-14-28-21-13-12-18-10-6-7-11-19(18)20(21)15-22-23(26)25(24(27)29-22)16-17-8-4-3-5-9-17/h1,6-7,10-13,15,17H,3-5,8-9,14,16H2/b22-15+. The van der Waals surface area contributed by atoms with Crippen molar-refractivity contribution in [3.8, 4) is 18.1 Å². The number of imide groups is 1. The molecule has 0 atom stereocenters. The summed E-state index contributed by atoms with van der Waals surface area (Å²) in [6.07, 6.45) is 12.9. The van der Waals surface area contributed by atoms with Crippen molar-refractivity contribution in [3.63, 3.8) is 0 Å². The van der Waals surface area contributed by atoms with Crippen molar-refractivity contribution in [2.24, 2.45) is 5.92 Å². The van der Waals surface area contributed by atoms with Gasteiger partial charge < -0.3 is 4.74 Å². The van der Waals surface area contributed by atoms with Gasteiger partial charge in [-0.3, -0.25) is 14.5 Å². The molecule has 1 heterocycles. The molecule has 4 rings (SSSR count). The van der Waals surface area contributed by atoms with Crippen LogP contribution < -0.4 is 4.74 Å². The molecular weight excluding hydrogens is 382 g/mol. The normalized spacial score (nSPS) is 19.1. The molecule has 0 aromatic heterocycles. The molecule has 2 fully saturated rings. The molecule has 29 heavy (non-hydrogen) atoms. The zero-order valence-electron chi connectivity index (χ0n) is 16.2. The van der Waals surface area contributed by atoms with Crippen molar-refractivity contribution in [1.29, 1.82) is 0 Å². The van der Waals surface area contributed by atoms with Crippen LogP contribution in [0.25, 0.3) is 16.8 Å². The Kier molecular flexibility index (Phi) is 5.92. The van der Waals surface area contributed by atoms with Crippen LogP contribution in [0.3, 0.4) is 0 Å². The number of thioether (sulfide) groups is 1. The van der Waals surface area contributed by atoms with Crippen LogP contribution in [0.4, 0.5) is 4.79 Å². The van der Waals surface area contributed by atoms with E-state index in [1.165, 1.54) is 24.2 Å². The SMILES string of the molecule is C#CCOc1ccc2ccccc2c1/C=C1/SC(=O)N(CC2CCCCC2)C1=O. The van der Waals surface area contributed by atoms with Crippen molar-refractivity contribution >= 4 is 39.8 Å². The van der Waals surface area contributed by atoms with Gasteiger partial charge in [-0.1, -0.05) is 55.5 Å². The first-order valence-corrected chi connectivity index (χ1v) is 10.8. The van der Waals surface area contributed by atoms with E-state index in [-0.39, 0.29) is 17.8 Å². The van der Waals surface area contributed by atoms with E-state index in [4.69, 9.17) is 11.2 Å². The maximum Gasteiger partial charge on any atom is 0.293 e. The summed E-state index contributed by atoms with van der Waals surface area (Å²) in [4.78, 5) is 27.4. The summed E-state index contributed by atoms with van der Waals surface area (Å²) in [5.74, 6) is 3.30. The van der Waals surface area contributed by atoms with Gasteiger partial charge in [0.15, 0.2) is 0 Å². The minimum Gasteiger partial charge on any atom is -0.480 e. The van der Waals surface area contributed by atoms with Gasteiger partial charge in [0.1, 0.15) is 12.4 Å². The van der Waals surface area contributed by atoms with E-state index in [1.807, 2.05) is 36.4 Å². The van der Waals surface area contributed by atoms with Crippen molar-refractivity contribution in [2.75, 3.05) is 13.2 Å². The second kappa shape index (κ2) is 8.75. The van der Waals surface area contributed by atoms with Gasteiger partial charge in [0, 0.05) is 12.1 Å². The fourth-order valence-electron chi connectivity index (χ4n) is 4.09. The third-order valence-corrected chi connectivity index (χ3v) is 6.46. The minimum atomic E-state index is -0.207. The Morgan fingerprint density at radius 1 is 1.14 bits per heavy atom. The van der Waals surface area contributed by atoms with Crippen LogP contribution >= 0.6 is 11.8 Å². The molecule has 0 N–H and O–H groups in total. The van der Waals surface area contributed by atoms with Gasteiger partial charge >= 0.3 is 0 Å². The predicted molar refractivity (Wildman–Crippen MR) is 118 cm³/mol. The molecule has 2 aliphatic rings. The van der Waals surface area contributed by atoms with Gasteiger partial charge in [0.2, 0.25) is 0 Å². The Bertz CT molecular complexity index is 1010. The number of nitrogens with zero attached hydrogens (tertiary/aromatic N) is 1. The topological polar surface area (TPSA) is 46.6 Å². The number of hydrogen-bond donors (Lipinski definition) is 0. The van der Waals surface area contributed by atoms with Crippen LogP contribution in [0.2, 0.25) is 0 Å². The third kappa shape index (κ3) is 4.18. The maximum atomic E-state index is 13.0. The molecule has 1 aliphatic carbocycles. The molecule has 1 aliphatic heterocycles. The lowest BCUT2D eigenvalue weighted by Crippen LogP contribution is -2.34. The molecule has 1 saturated carbocycles. The van der Waals surface area contributed by atoms with Gasteiger partial charge in [0.05, 0.1) is 4.91 Å². The zero-order valence-corrected chi connectivity index (χ0v) is 17.0. The molecule has 4 nitrogen and oxygen atoms in total. The van der Waals surface area contributed by atoms with Gasteiger partial charge in [0.25, 0.3) is 11.1 Å². The first kappa shape index (κ1) is 19.6. The number of terminal acetylenes is 1. The molecule has 5 heteroatoms. The van der Waals surface area contributed by atoms with Gasteiger partial charge in [-0.05, 0) is 53.4 Å². The lowest BCUT2D eigenvalue weighted by atomic mass is 9.89. The molecule has 0 unspecified atom stereocenters. The molecule has 2 aromatic carbocycles. The number of carbonyl (C=O) groups excluding carboxylic acids is 2. The fraction of sp³-hybridized carbons (Fsp3) is 0.333. The molecule has 148 valence electrons. The summed E-state index contributed by atoms with van der Waals surface area (Å²) in [5.41, 5.74) is 0.779. The summed E-state index contributed by atoms with van der Waals surface area (Å²) < 4.78 is 5.72. The first-order chi connectivity index (χ1) is 14.2.